The quantitative estimate of drug-likeness (QED) is 0.331. The maximum atomic E-state index is 13.1. The minimum absolute atomic E-state index is 0.0688. The van der Waals surface area contributed by atoms with Gasteiger partial charge in [-0.15, -0.1) is 0 Å². The molecule has 0 radical (unpaired) electrons. The Kier molecular flexibility index (Phi) is 6.91. The van der Waals surface area contributed by atoms with E-state index in [1.54, 1.807) is 0 Å². The summed E-state index contributed by atoms with van der Waals surface area (Å²) in [6.07, 6.45) is 0.772. The van der Waals surface area contributed by atoms with Crippen molar-refractivity contribution in [3.63, 3.8) is 0 Å². The average Bonchev–Trinajstić information content (AvgIpc) is 2.90. The lowest BCUT2D eigenvalue weighted by Gasteiger charge is -2.36. The number of aryl methyl sites for hydroxylation is 1. The minimum Gasteiger partial charge on any atom is -0.353 e. The van der Waals surface area contributed by atoms with Crippen molar-refractivity contribution in [1.82, 2.24) is 14.9 Å². The molecule has 2 heterocycles. The number of piperazine rings is 1. The summed E-state index contributed by atoms with van der Waals surface area (Å²) in [5, 5.41) is 0. The van der Waals surface area contributed by atoms with Crippen molar-refractivity contribution in [3.8, 4) is 11.4 Å². The summed E-state index contributed by atoms with van der Waals surface area (Å²) >= 11 is 3.47. The van der Waals surface area contributed by atoms with Gasteiger partial charge in [-0.3, -0.25) is 4.79 Å². The first-order valence-corrected chi connectivity index (χ1v) is 12.6. The van der Waals surface area contributed by atoms with Gasteiger partial charge in [-0.25, -0.2) is 9.97 Å². The van der Waals surface area contributed by atoms with E-state index in [2.05, 4.69) is 52.0 Å². The summed E-state index contributed by atoms with van der Waals surface area (Å²) in [4.78, 5) is 27.2. The van der Waals surface area contributed by atoms with Crippen molar-refractivity contribution in [2.45, 2.75) is 13.3 Å². The maximum Gasteiger partial charge on any atom is 0.254 e. The molecule has 0 atom stereocenters. The van der Waals surface area contributed by atoms with Crippen LogP contribution in [-0.2, 0) is 6.42 Å². The molecule has 0 unspecified atom stereocenters. The summed E-state index contributed by atoms with van der Waals surface area (Å²) in [5.41, 5.74) is 5.08. The van der Waals surface area contributed by atoms with Crippen molar-refractivity contribution in [3.05, 3.63) is 112 Å². The smallest absolute Gasteiger partial charge is 0.254 e. The van der Waals surface area contributed by atoms with E-state index < -0.39 is 0 Å². The predicted octanol–water partition coefficient (Wildman–Crippen LogP) is 5.77. The van der Waals surface area contributed by atoms with E-state index >= 15 is 0 Å². The Labute approximate surface area is 214 Å². The molecule has 5 rings (SSSR count). The van der Waals surface area contributed by atoms with Crippen LogP contribution in [0.3, 0.4) is 0 Å². The molecule has 35 heavy (non-hydrogen) atoms. The van der Waals surface area contributed by atoms with E-state index in [0.717, 1.165) is 52.4 Å². The lowest BCUT2D eigenvalue weighted by Crippen LogP contribution is -2.49. The van der Waals surface area contributed by atoms with Crippen molar-refractivity contribution < 1.29 is 4.79 Å². The van der Waals surface area contributed by atoms with E-state index in [-0.39, 0.29) is 5.91 Å². The van der Waals surface area contributed by atoms with Crippen LogP contribution in [-0.4, -0.2) is 47.0 Å². The lowest BCUT2D eigenvalue weighted by molar-refractivity contribution is 0.0746. The fourth-order valence-electron chi connectivity index (χ4n) is 4.49. The molecule has 0 spiro atoms. The van der Waals surface area contributed by atoms with Crippen LogP contribution in [0.2, 0.25) is 0 Å². The second-order valence-electron chi connectivity index (χ2n) is 8.75. The van der Waals surface area contributed by atoms with Gasteiger partial charge in [0.15, 0.2) is 5.82 Å². The van der Waals surface area contributed by atoms with Gasteiger partial charge in [0.25, 0.3) is 5.91 Å². The first-order valence-electron chi connectivity index (χ1n) is 11.8. The highest BCUT2D eigenvalue weighted by Gasteiger charge is 2.26. The van der Waals surface area contributed by atoms with E-state index in [4.69, 9.17) is 9.97 Å². The van der Waals surface area contributed by atoms with Crippen LogP contribution in [0.5, 0.6) is 0 Å². The number of hydrogen-bond acceptors (Lipinski definition) is 4. The van der Waals surface area contributed by atoms with Gasteiger partial charge in [0, 0.05) is 59.5 Å². The number of aromatic nitrogens is 2. The number of benzene rings is 3. The van der Waals surface area contributed by atoms with E-state index in [1.165, 1.54) is 5.56 Å². The molecule has 176 valence electrons. The monoisotopic (exact) mass is 526 g/mol. The summed E-state index contributed by atoms with van der Waals surface area (Å²) in [6, 6.07) is 28.2. The second-order valence-corrected chi connectivity index (χ2v) is 9.67. The topological polar surface area (TPSA) is 49.3 Å². The van der Waals surface area contributed by atoms with Crippen LogP contribution < -0.4 is 4.90 Å². The van der Waals surface area contributed by atoms with E-state index in [0.29, 0.717) is 18.7 Å². The SMILES string of the molecule is Cc1nc(-c2ccccc2)nc(N2CCN(C(=O)c3cccc(Br)c3)CC2)c1Cc1ccccc1. The zero-order chi connectivity index (χ0) is 24.2. The summed E-state index contributed by atoms with van der Waals surface area (Å²) in [7, 11) is 0. The summed E-state index contributed by atoms with van der Waals surface area (Å²) in [6.45, 7) is 4.83. The zero-order valence-electron chi connectivity index (χ0n) is 19.7. The summed E-state index contributed by atoms with van der Waals surface area (Å²) in [5.74, 6) is 1.77. The largest absolute Gasteiger partial charge is 0.353 e. The van der Waals surface area contributed by atoms with Crippen molar-refractivity contribution >= 4 is 27.7 Å². The highest BCUT2D eigenvalue weighted by atomic mass is 79.9. The zero-order valence-corrected chi connectivity index (χ0v) is 21.3. The Morgan fingerprint density at radius 1 is 0.857 bits per heavy atom. The van der Waals surface area contributed by atoms with Crippen molar-refractivity contribution in [2.24, 2.45) is 0 Å². The van der Waals surface area contributed by atoms with Crippen LogP contribution in [0.25, 0.3) is 11.4 Å². The number of rotatable bonds is 5. The van der Waals surface area contributed by atoms with Gasteiger partial charge in [-0.05, 0) is 30.7 Å². The highest BCUT2D eigenvalue weighted by Crippen LogP contribution is 2.28. The van der Waals surface area contributed by atoms with Crippen molar-refractivity contribution in [2.75, 3.05) is 31.1 Å². The molecule has 0 saturated carbocycles. The second kappa shape index (κ2) is 10.4. The number of anilines is 1. The standard InChI is InChI=1S/C29H27BrN4O/c1-21-26(19-22-9-4-2-5-10-22)28(32-27(31-21)23-11-6-3-7-12-23)33-15-17-34(18-16-33)29(35)24-13-8-14-25(30)20-24/h2-14,20H,15-19H2,1H3. The van der Waals surface area contributed by atoms with Crippen LogP contribution >= 0.6 is 15.9 Å². The van der Waals surface area contributed by atoms with E-state index in [9.17, 15) is 4.79 Å². The molecule has 6 heteroatoms. The third kappa shape index (κ3) is 5.28. The maximum absolute atomic E-state index is 13.1. The molecule has 0 aliphatic carbocycles. The molecule has 1 aliphatic heterocycles. The normalized spacial score (nSPS) is 13.7. The van der Waals surface area contributed by atoms with Gasteiger partial charge in [-0.1, -0.05) is 82.7 Å². The van der Waals surface area contributed by atoms with Gasteiger partial charge < -0.3 is 9.80 Å². The Hall–Kier alpha value is -3.51. The number of amides is 1. The molecule has 3 aromatic carbocycles. The third-order valence-corrected chi connectivity index (χ3v) is 6.88. The number of hydrogen-bond donors (Lipinski definition) is 0. The van der Waals surface area contributed by atoms with Gasteiger partial charge in [0.2, 0.25) is 0 Å². The van der Waals surface area contributed by atoms with Gasteiger partial charge in [0.1, 0.15) is 5.82 Å². The summed E-state index contributed by atoms with van der Waals surface area (Å²) < 4.78 is 0.914. The first-order chi connectivity index (χ1) is 17.1. The van der Waals surface area contributed by atoms with Crippen LogP contribution in [0.4, 0.5) is 5.82 Å². The number of carbonyl (C=O) groups is 1. The lowest BCUT2D eigenvalue weighted by atomic mass is 10.0. The Morgan fingerprint density at radius 3 is 2.23 bits per heavy atom. The Morgan fingerprint density at radius 2 is 1.54 bits per heavy atom. The molecule has 5 nitrogen and oxygen atoms in total. The Balaban J connectivity index is 1.43. The molecule has 1 saturated heterocycles. The average molecular weight is 527 g/mol. The third-order valence-electron chi connectivity index (χ3n) is 6.39. The van der Waals surface area contributed by atoms with Crippen molar-refractivity contribution in [1.29, 1.82) is 0 Å². The first kappa shape index (κ1) is 23.2. The fraction of sp³-hybridized carbons (Fsp3) is 0.207. The molecule has 1 aliphatic rings. The molecule has 1 fully saturated rings. The number of nitrogens with zero attached hydrogens (tertiary/aromatic N) is 4. The number of halogens is 1. The van der Waals surface area contributed by atoms with Gasteiger partial charge in [0.05, 0.1) is 0 Å². The molecule has 4 aromatic rings. The fourth-order valence-corrected chi connectivity index (χ4v) is 4.89. The molecule has 0 bridgehead atoms. The molecule has 1 amide bonds. The predicted molar refractivity (Wildman–Crippen MR) is 144 cm³/mol. The molecule has 1 aromatic heterocycles. The van der Waals surface area contributed by atoms with Crippen LogP contribution in [0, 0.1) is 6.92 Å². The van der Waals surface area contributed by atoms with Crippen LogP contribution in [0.1, 0.15) is 27.2 Å². The van der Waals surface area contributed by atoms with E-state index in [1.807, 2.05) is 65.6 Å². The minimum atomic E-state index is 0.0688. The number of carbonyl (C=O) groups excluding carboxylic acids is 1. The van der Waals surface area contributed by atoms with Gasteiger partial charge in [-0.2, -0.15) is 0 Å². The Bertz CT molecular complexity index is 1320. The van der Waals surface area contributed by atoms with Gasteiger partial charge >= 0.3 is 0 Å². The molecular weight excluding hydrogens is 500 g/mol. The molecule has 0 N–H and O–H groups in total. The highest BCUT2D eigenvalue weighted by molar-refractivity contribution is 9.10. The molecular formula is C29H27BrN4O. The van der Waals surface area contributed by atoms with Crippen LogP contribution in [0.15, 0.2) is 89.4 Å².